The molecule has 0 saturated carbocycles. The van der Waals surface area contributed by atoms with Gasteiger partial charge in [0.2, 0.25) is 0 Å². The molecule has 3 unspecified atom stereocenters. The molecule has 0 spiro atoms. The van der Waals surface area contributed by atoms with Crippen molar-refractivity contribution in [1.29, 1.82) is 0 Å². The van der Waals surface area contributed by atoms with Crippen molar-refractivity contribution in [2.75, 3.05) is 54.4 Å². The van der Waals surface area contributed by atoms with E-state index in [1.165, 1.54) is 0 Å². The van der Waals surface area contributed by atoms with Crippen LogP contribution in [0.1, 0.15) is 34.6 Å². The third kappa shape index (κ3) is 77.8. The van der Waals surface area contributed by atoms with Gasteiger partial charge in [0.05, 0.1) is 51.3 Å². The second kappa shape index (κ2) is 40.0. The van der Waals surface area contributed by atoms with Crippen molar-refractivity contribution in [2.45, 2.75) is 52.9 Å². The Morgan fingerprint density at radius 3 is 1.44 bits per heavy atom. The van der Waals surface area contributed by atoms with E-state index >= 15 is 0 Å². The van der Waals surface area contributed by atoms with Crippen LogP contribution in [0.4, 0.5) is 0 Å². The highest BCUT2D eigenvalue weighted by Gasteiger charge is 2.06. The summed E-state index contributed by atoms with van der Waals surface area (Å²) in [5.41, 5.74) is 0. The Labute approximate surface area is 167 Å². The van der Waals surface area contributed by atoms with Gasteiger partial charge in [0.1, 0.15) is 0 Å². The first kappa shape index (κ1) is 37.0. The molecule has 3 atom stereocenters. The maximum atomic E-state index is 8.92. The predicted octanol–water partition coefficient (Wildman–Crippen LogP) is 2.44. The molecule has 3 N–H and O–H groups in total. The largest absolute Gasteiger partial charge is 0.394 e. The molecule has 0 saturated heterocycles. The van der Waals surface area contributed by atoms with Gasteiger partial charge in [0.15, 0.2) is 0 Å². The minimum Gasteiger partial charge on any atom is -0.394 e. The van der Waals surface area contributed by atoms with Gasteiger partial charge in [0.25, 0.3) is 0 Å². The molecule has 0 fully saturated rings. The Bertz CT molecular complexity index is 228. The summed E-state index contributed by atoms with van der Waals surface area (Å²) in [6, 6.07) is 0. The van der Waals surface area contributed by atoms with Crippen LogP contribution in [-0.2, 0) is 18.9 Å². The van der Waals surface area contributed by atoms with Crippen molar-refractivity contribution >= 4 is 0 Å². The van der Waals surface area contributed by atoms with E-state index in [-0.39, 0.29) is 25.4 Å². The molecule has 168 valence electrons. The Kier molecular flexibility index (Phi) is 54.9. The van der Waals surface area contributed by atoms with Crippen LogP contribution < -0.4 is 0 Å². The molecule has 0 aromatic heterocycles. The van der Waals surface area contributed by atoms with Crippen LogP contribution in [0.2, 0.25) is 0 Å². The van der Waals surface area contributed by atoms with E-state index in [0.29, 0.717) is 19.8 Å². The fraction of sp³-hybridized carbons (Fsp3) is 0.800. The van der Waals surface area contributed by atoms with Gasteiger partial charge in [-0.25, -0.2) is 0 Å². The van der Waals surface area contributed by atoms with Crippen molar-refractivity contribution in [2.24, 2.45) is 0 Å². The molecule has 7 nitrogen and oxygen atoms in total. The van der Waals surface area contributed by atoms with Crippen LogP contribution in [-0.4, -0.2) is 88.0 Å². The van der Waals surface area contributed by atoms with Crippen LogP contribution in [0.3, 0.4) is 0 Å². The lowest BCUT2D eigenvalue weighted by Crippen LogP contribution is -2.24. The molecule has 27 heavy (non-hydrogen) atoms. The average molecular weight is 399 g/mol. The number of aliphatic hydroxyl groups is 3. The number of allylic oxidation sites excluding steroid dienone is 2. The summed E-state index contributed by atoms with van der Waals surface area (Å²) >= 11 is 0. The molecule has 0 aromatic rings. The van der Waals surface area contributed by atoms with E-state index in [9.17, 15) is 0 Å². The normalized spacial score (nSPS) is 12.0. The standard InChI is InChI=1S/C9H20O4.C3H8O2.2C3H6.C2H6O/c1-7(11)5-12-9(3)6-13-8(2)4-10;1-5-3-2-4;3*1-3-2/h7-11H,4-6H2,1-3H3;4H,2-3H2,1H3;2*3H,1H2,2H3;1-2H3. The van der Waals surface area contributed by atoms with Gasteiger partial charge in [-0.3, -0.25) is 0 Å². The van der Waals surface area contributed by atoms with Gasteiger partial charge in [-0.1, -0.05) is 12.2 Å². The first-order chi connectivity index (χ1) is 12.7. The van der Waals surface area contributed by atoms with Crippen LogP contribution in [0.15, 0.2) is 25.3 Å². The van der Waals surface area contributed by atoms with E-state index in [1.54, 1.807) is 47.3 Å². The van der Waals surface area contributed by atoms with Crippen molar-refractivity contribution in [1.82, 2.24) is 0 Å². The van der Waals surface area contributed by atoms with E-state index in [1.807, 2.05) is 20.8 Å². The highest BCUT2D eigenvalue weighted by Crippen LogP contribution is 1.97. The van der Waals surface area contributed by atoms with E-state index in [4.69, 9.17) is 24.8 Å². The molecular formula is C20H46O7. The molecule has 0 aliphatic carbocycles. The Morgan fingerprint density at radius 1 is 0.852 bits per heavy atom. The number of rotatable bonds is 9. The number of aliphatic hydroxyl groups excluding tert-OH is 3. The summed E-state index contributed by atoms with van der Waals surface area (Å²) in [5.74, 6) is 0. The van der Waals surface area contributed by atoms with Gasteiger partial charge in [-0.15, -0.1) is 13.2 Å². The maximum absolute atomic E-state index is 8.92. The van der Waals surface area contributed by atoms with Crippen molar-refractivity contribution in [3.05, 3.63) is 25.3 Å². The third-order valence-electron chi connectivity index (χ3n) is 1.79. The molecule has 7 heteroatoms. The molecular weight excluding hydrogens is 352 g/mol. The van der Waals surface area contributed by atoms with E-state index < -0.39 is 6.10 Å². The zero-order valence-corrected chi connectivity index (χ0v) is 18.8. The Hall–Kier alpha value is -0.800. The molecule has 0 radical (unpaired) electrons. The first-order valence-electron chi connectivity index (χ1n) is 8.88. The third-order valence-corrected chi connectivity index (χ3v) is 1.79. The summed E-state index contributed by atoms with van der Waals surface area (Å²) in [7, 11) is 4.80. The fourth-order valence-electron chi connectivity index (χ4n) is 0.795. The SMILES string of the molecule is C=CC.C=CC.CC(O)COC(C)COC(C)CO.COC.COCCO. The molecule has 0 rings (SSSR count). The summed E-state index contributed by atoms with van der Waals surface area (Å²) in [6.45, 7) is 17.2. The van der Waals surface area contributed by atoms with Gasteiger partial charge in [-0.2, -0.15) is 0 Å². The smallest absolute Gasteiger partial charge is 0.0781 e. The molecule has 0 aromatic carbocycles. The zero-order valence-electron chi connectivity index (χ0n) is 18.8. The number of hydrogen-bond donors (Lipinski definition) is 3. The van der Waals surface area contributed by atoms with Gasteiger partial charge in [0, 0.05) is 21.3 Å². The molecule has 0 aliphatic heterocycles. The highest BCUT2D eigenvalue weighted by atomic mass is 16.5. The van der Waals surface area contributed by atoms with Gasteiger partial charge >= 0.3 is 0 Å². The lowest BCUT2D eigenvalue weighted by molar-refractivity contribution is -0.0620. The van der Waals surface area contributed by atoms with Crippen LogP contribution >= 0.6 is 0 Å². The van der Waals surface area contributed by atoms with Crippen LogP contribution in [0.25, 0.3) is 0 Å². The van der Waals surface area contributed by atoms with Crippen molar-refractivity contribution in [3.63, 3.8) is 0 Å². The molecule has 0 heterocycles. The quantitative estimate of drug-likeness (QED) is 0.513. The predicted molar refractivity (Wildman–Crippen MR) is 113 cm³/mol. The molecule has 0 aliphatic rings. The molecule has 0 amide bonds. The van der Waals surface area contributed by atoms with Gasteiger partial charge < -0.3 is 34.3 Å². The second-order valence-corrected chi connectivity index (χ2v) is 5.26. The number of ether oxygens (including phenoxy) is 4. The lowest BCUT2D eigenvalue weighted by Gasteiger charge is -2.16. The highest BCUT2D eigenvalue weighted by molar-refractivity contribution is 4.53. The Balaban J connectivity index is -0.0000000945. The average Bonchev–Trinajstić information content (AvgIpc) is 2.61. The van der Waals surface area contributed by atoms with Crippen LogP contribution in [0, 0.1) is 0 Å². The zero-order chi connectivity index (χ0) is 22.5. The minimum absolute atomic E-state index is 0.0170. The van der Waals surface area contributed by atoms with Gasteiger partial charge in [-0.05, 0) is 34.6 Å². The lowest BCUT2D eigenvalue weighted by atomic mass is 10.4. The van der Waals surface area contributed by atoms with Crippen molar-refractivity contribution in [3.8, 4) is 0 Å². The van der Waals surface area contributed by atoms with Crippen LogP contribution in [0.5, 0.6) is 0 Å². The molecule has 0 bridgehead atoms. The van der Waals surface area contributed by atoms with Crippen molar-refractivity contribution < 1.29 is 34.3 Å². The van der Waals surface area contributed by atoms with E-state index in [0.717, 1.165) is 0 Å². The second-order valence-electron chi connectivity index (χ2n) is 5.26. The monoisotopic (exact) mass is 398 g/mol. The summed E-state index contributed by atoms with van der Waals surface area (Å²) in [4.78, 5) is 0. The summed E-state index contributed by atoms with van der Waals surface area (Å²) in [5, 5.41) is 25.5. The fourth-order valence-corrected chi connectivity index (χ4v) is 0.795. The minimum atomic E-state index is -0.447. The number of methoxy groups -OCH3 is 2. The maximum Gasteiger partial charge on any atom is 0.0781 e. The summed E-state index contributed by atoms with van der Waals surface area (Å²) < 4.78 is 19.2. The Morgan fingerprint density at radius 2 is 1.22 bits per heavy atom. The topological polar surface area (TPSA) is 97.6 Å². The number of hydrogen-bond acceptors (Lipinski definition) is 7. The van der Waals surface area contributed by atoms with E-state index in [2.05, 4.69) is 22.6 Å². The summed E-state index contributed by atoms with van der Waals surface area (Å²) in [6.07, 6.45) is 2.85. The first-order valence-corrected chi connectivity index (χ1v) is 8.88.